The highest BCUT2D eigenvalue weighted by molar-refractivity contribution is 5.30. The van der Waals surface area contributed by atoms with Gasteiger partial charge in [0, 0.05) is 25.8 Å². The summed E-state index contributed by atoms with van der Waals surface area (Å²) in [4.78, 5) is 15.6. The minimum Gasteiger partial charge on any atom is -0.396 e. The summed E-state index contributed by atoms with van der Waals surface area (Å²) < 4.78 is 1.30. The smallest absolute Gasteiger partial charge is 0.349 e. The third-order valence-electron chi connectivity index (χ3n) is 3.45. The molecule has 1 aromatic heterocycles. The Kier molecular flexibility index (Phi) is 3.65. The van der Waals surface area contributed by atoms with Crippen molar-refractivity contribution in [1.29, 1.82) is 0 Å². The predicted octanol–water partition coefficient (Wildman–Crippen LogP) is -1.44. The lowest BCUT2D eigenvalue weighted by molar-refractivity contribution is -0.00453. The van der Waals surface area contributed by atoms with E-state index in [1.165, 1.54) is 10.8 Å². The zero-order valence-electron chi connectivity index (χ0n) is 10.0. The lowest BCUT2D eigenvalue weighted by atomic mass is 10.1. The molecule has 7 heteroatoms. The van der Waals surface area contributed by atoms with Crippen LogP contribution in [0, 0.1) is 5.92 Å². The van der Waals surface area contributed by atoms with Gasteiger partial charge >= 0.3 is 5.69 Å². The minimum atomic E-state index is -1.07. The van der Waals surface area contributed by atoms with Crippen molar-refractivity contribution in [2.24, 2.45) is 5.92 Å². The van der Waals surface area contributed by atoms with Crippen LogP contribution in [0.3, 0.4) is 0 Å². The van der Waals surface area contributed by atoms with Gasteiger partial charge in [-0.15, -0.1) is 0 Å². The molecule has 2 rings (SSSR count). The van der Waals surface area contributed by atoms with Gasteiger partial charge in [-0.05, 0) is 12.5 Å². The molecule has 1 aromatic rings. The molecule has 0 spiro atoms. The van der Waals surface area contributed by atoms with E-state index in [-0.39, 0.29) is 6.61 Å². The first-order valence-electron chi connectivity index (χ1n) is 5.82. The fraction of sp³-hybridized carbons (Fsp3) is 0.636. The number of aliphatic hydroxyl groups is 3. The lowest BCUT2D eigenvalue weighted by Crippen LogP contribution is -2.35. The average molecular weight is 255 g/mol. The van der Waals surface area contributed by atoms with E-state index in [0.29, 0.717) is 12.2 Å². The van der Waals surface area contributed by atoms with Crippen LogP contribution in [0.25, 0.3) is 0 Å². The molecule has 1 fully saturated rings. The van der Waals surface area contributed by atoms with Crippen LogP contribution in [0.15, 0.2) is 17.1 Å². The zero-order valence-corrected chi connectivity index (χ0v) is 10.0. The number of nitrogens with one attached hydrogen (secondary N) is 1. The molecule has 0 aliphatic heterocycles. The van der Waals surface area contributed by atoms with E-state index in [0.717, 1.165) is 0 Å². The fourth-order valence-electron chi connectivity index (χ4n) is 2.36. The van der Waals surface area contributed by atoms with E-state index in [4.69, 9.17) is 5.11 Å². The SMILES string of the molecule is CNc1ccn([C@@H]2C[C@H](CO)[C@@H](O)[C@H]2O)c(=O)n1. The predicted molar refractivity (Wildman–Crippen MR) is 64.3 cm³/mol. The van der Waals surface area contributed by atoms with Crippen LogP contribution >= 0.6 is 0 Å². The second-order valence-corrected chi connectivity index (χ2v) is 4.48. The molecule has 1 aliphatic carbocycles. The number of aromatic nitrogens is 2. The summed E-state index contributed by atoms with van der Waals surface area (Å²) in [5, 5.41) is 31.5. The number of aliphatic hydroxyl groups excluding tert-OH is 3. The van der Waals surface area contributed by atoms with Gasteiger partial charge < -0.3 is 20.6 Å². The van der Waals surface area contributed by atoms with Crippen LogP contribution in [0.1, 0.15) is 12.5 Å². The zero-order chi connectivity index (χ0) is 13.3. The topological polar surface area (TPSA) is 108 Å². The van der Waals surface area contributed by atoms with E-state index in [1.54, 1.807) is 13.1 Å². The molecule has 0 radical (unpaired) electrons. The molecule has 0 saturated heterocycles. The third-order valence-corrected chi connectivity index (χ3v) is 3.45. The molecule has 1 aliphatic rings. The normalized spacial score (nSPS) is 31.6. The summed E-state index contributed by atoms with van der Waals surface area (Å²) in [6, 6.07) is 1.07. The number of anilines is 1. The number of hydrogen-bond donors (Lipinski definition) is 4. The van der Waals surface area contributed by atoms with Crippen LogP contribution < -0.4 is 11.0 Å². The van der Waals surface area contributed by atoms with Crippen molar-refractivity contribution in [3.8, 4) is 0 Å². The molecule has 18 heavy (non-hydrogen) atoms. The second-order valence-electron chi connectivity index (χ2n) is 4.48. The van der Waals surface area contributed by atoms with E-state index >= 15 is 0 Å². The van der Waals surface area contributed by atoms with Crippen molar-refractivity contribution in [3.05, 3.63) is 22.7 Å². The quantitative estimate of drug-likeness (QED) is 0.527. The molecule has 0 amide bonds. The van der Waals surface area contributed by atoms with E-state index in [1.807, 2.05) is 0 Å². The average Bonchev–Trinajstić information content (AvgIpc) is 2.66. The standard InChI is InChI=1S/C11H17N3O4/c1-12-8-2-3-14(11(18)13-8)7-4-6(5-15)9(16)10(7)17/h2-3,6-7,9-10,15-17H,4-5H2,1H3,(H,12,13,18)/t6-,7-,9-,10+/m1/s1. The largest absolute Gasteiger partial charge is 0.396 e. The molecule has 0 aromatic carbocycles. The highest BCUT2D eigenvalue weighted by atomic mass is 16.3. The Bertz CT molecular complexity index is 476. The number of hydrogen-bond acceptors (Lipinski definition) is 6. The maximum atomic E-state index is 11.8. The summed E-state index contributed by atoms with van der Waals surface area (Å²) in [6.07, 6.45) is -0.209. The summed E-state index contributed by atoms with van der Waals surface area (Å²) in [6.45, 7) is -0.217. The Morgan fingerprint density at radius 1 is 1.50 bits per heavy atom. The highest BCUT2D eigenvalue weighted by Crippen LogP contribution is 2.34. The van der Waals surface area contributed by atoms with Crippen LogP contribution in [-0.2, 0) is 0 Å². The first kappa shape index (κ1) is 13.0. The van der Waals surface area contributed by atoms with Gasteiger partial charge in [0.2, 0.25) is 0 Å². The van der Waals surface area contributed by atoms with Crippen molar-refractivity contribution in [2.75, 3.05) is 19.0 Å². The van der Waals surface area contributed by atoms with Crippen molar-refractivity contribution >= 4 is 5.82 Å². The summed E-state index contributed by atoms with van der Waals surface area (Å²) >= 11 is 0. The summed E-state index contributed by atoms with van der Waals surface area (Å²) in [7, 11) is 1.65. The van der Waals surface area contributed by atoms with E-state index < -0.39 is 29.9 Å². The minimum absolute atomic E-state index is 0.217. The van der Waals surface area contributed by atoms with Gasteiger partial charge in [0.05, 0.1) is 12.1 Å². The van der Waals surface area contributed by atoms with Crippen molar-refractivity contribution in [3.63, 3.8) is 0 Å². The second kappa shape index (κ2) is 5.05. The highest BCUT2D eigenvalue weighted by Gasteiger charge is 2.42. The van der Waals surface area contributed by atoms with Crippen LogP contribution in [0.5, 0.6) is 0 Å². The molecular weight excluding hydrogens is 238 g/mol. The third kappa shape index (κ3) is 2.12. The van der Waals surface area contributed by atoms with Gasteiger partial charge in [-0.2, -0.15) is 4.98 Å². The van der Waals surface area contributed by atoms with E-state index in [2.05, 4.69) is 10.3 Å². The molecule has 0 bridgehead atoms. The van der Waals surface area contributed by atoms with Crippen LogP contribution in [0.4, 0.5) is 5.82 Å². The van der Waals surface area contributed by atoms with Gasteiger partial charge in [-0.1, -0.05) is 0 Å². The Hall–Kier alpha value is -1.44. The molecule has 1 heterocycles. The maximum absolute atomic E-state index is 11.8. The van der Waals surface area contributed by atoms with Crippen molar-refractivity contribution in [1.82, 2.24) is 9.55 Å². The number of nitrogens with zero attached hydrogens (tertiary/aromatic N) is 2. The van der Waals surface area contributed by atoms with Gasteiger partial charge in [0.15, 0.2) is 0 Å². The Labute approximate surface area is 104 Å². The lowest BCUT2D eigenvalue weighted by Gasteiger charge is -2.18. The van der Waals surface area contributed by atoms with Gasteiger partial charge in [-0.3, -0.25) is 4.57 Å². The van der Waals surface area contributed by atoms with Crippen LogP contribution in [-0.4, -0.2) is 50.7 Å². The van der Waals surface area contributed by atoms with Gasteiger partial charge in [0.1, 0.15) is 11.9 Å². The molecule has 1 saturated carbocycles. The Morgan fingerprint density at radius 3 is 2.72 bits per heavy atom. The van der Waals surface area contributed by atoms with Crippen LogP contribution in [0.2, 0.25) is 0 Å². The Balaban J connectivity index is 2.30. The molecule has 7 nitrogen and oxygen atoms in total. The molecule has 0 unspecified atom stereocenters. The first-order valence-corrected chi connectivity index (χ1v) is 5.82. The number of rotatable bonds is 3. The maximum Gasteiger partial charge on any atom is 0.349 e. The summed E-state index contributed by atoms with van der Waals surface area (Å²) in [5.74, 6) is 0.0314. The monoisotopic (exact) mass is 255 g/mol. The molecule has 4 atom stereocenters. The van der Waals surface area contributed by atoms with Gasteiger partial charge in [0.25, 0.3) is 0 Å². The van der Waals surface area contributed by atoms with Crippen molar-refractivity contribution < 1.29 is 15.3 Å². The fourth-order valence-corrected chi connectivity index (χ4v) is 2.36. The molecule has 4 N–H and O–H groups in total. The van der Waals surface area contributed by atoms with Gasteiger partial charge in [-0.25, -0.2) is 4.79 Å². The molecular formula is C11H17N3O4. The molecule has 100 valence electrons. The Morgan fingerprint density at radius 2 is 2.22 bits per heavy atom. The van der Waals surface area contributed by atoms with E-state index in [9.17, 15) is 15.0 Å². The van der Waals surface area contributed by atoms with Crippen molar-refractivity contribution in [2.45, 2.75) is 24.7 Å². The first-order chi connectivity index (χ1) is 8.58. The summed E-state index contributed by atoms with van der Waals surface area (Å²) in [5.41, 5.74) is -0.489.